The molecule has 0 unspecified atom stereocenters. The number of pyridine rings is 1. The van der Waals surface area contributed by atoms with Gasteiger partial charge < -0.3 is 0 Å². The Labute approximate surface area is 81.4 Å². The van der Waals surface area contributed by atoms with Crippen LogP contribution in [-0.2, 0) is 7.05 Å². The molecule has 72 valence electrons. The smallest absolute Gasteiger partial charge is 0.256 e. The molecule has 0 aliphatic heterocycles. The molecule has 0 aliphatic rings. The highest BCUT2D eigenvalue weighted by Gasteiger charge is 2.03. The summed E-state index contributed by atoms with van der Waals surface area (Å²) in [6.45, 7) is 1.95. The second kappa shape index (κ2) is 3.14. The monoisotopic (exact) mass is 189 g/mol. The fourth-order valence-corrected chi connectivity index (χ4v) is 1.28. The zero-order valence-corrected chi connectivity index (χ0v) is 8.14. The van der Waals surface area contributed by atoms with Crippen LogP contribution in [0.25, 0.3) is 5.82 Å². The van der Waals surface area contributed by atoms with Gasteiger partial charge in [0, 0.05) is 31.1 Å². The summed E-state index contributed by atoms with van der Waals surface area (Å²) < 4.78 is 3.27. The van der Waals surface area contributed by atoms with Crippen molar-refractivity contribution in [2.45, 2.75) is 6.92 Å². The molecule has 2 aromatic rings. The molecule has 0 radical (unpaired) electrons. The molecule has 0 amide bonds. The van der Waals surface area contributed by atoms with Gasteiger partial charge in [-0.15, -0.1) is 0 Å². The Hall–Kier alpha value is -1.84. The molecule has 0 bridgehead atoms. The van der Waals surface area contributed by atoms with E-state index in [1.807, 2.05) is 26.1 Å². The molecule has 4 nitrogen and oxygen atoms in total. The lowest BCUT2D eigenvalue weighted by molar-refractivity contribution is 0.724. The Balaban J connectivity index is 2.61. The molecule has 0 aromatic carbocycles. The molecule has 0 atom stereocenters. The van der Waals surface area contributed by atoms with Gasteiger partial charge in [-0.25, -0.2) is 0 Å². The highest BCUT2D eigenvalue weighted by atomic mass is 16.1. The van der Waals surface area contributed by atoms with Crippen molar-refractivity contribution < 1.29 is 0 Å². The van der Waals surface area contributed by atoms with Crippen molar-refractivity contribution in [1.29, 1.82) is 0 Å². The van der Waals surface area contributed by atoms with Gasteiger partial charge in [0.2, 0.25) is 0 Å². The number of hydrogen-bond acceptors (Lipinski definition) is 2. The van der Waals surface area contributed by atoms with Crippen LogP contribution >= 0.6 is 0 Å². The second-order valence-electron chi connectivity index (χ2n) is 3.18. The summed E-state index contributed by atoms with van der Waals surface area (Å²) in [5.74, 6) is 0.663. The Morgan fingerprint density at radius 2 is 2.14 bits per heavy atom. The van der Waals surface area contributed by atoms with Gasteiger partial charge in [0.25, 0.3) is 5.56 Å². The van der Waals surface area contributed by atoms with Crippen molar-refractivity contribution in [2.24, 2.45) is 7.05 Å². The summed E-state index contributed by atoms with van der Waals surface area (Å²) in [4.78, 5) is 11.5. The molecule has 0 N–H and O–H groups in total. The third-order valence-corrected chi connectivity index (χ3v) is 2.17. The van der Waals surface area contributed by atoms with Gasteiger partial charge in [-0.05, 0) is 13.0 Å². The number of aryl methyl sites for hydroxylation is 2. The molecule has 2 heterocycles. The minimum absolute atomic E-state index is 0.0643. The van der Waals surface area contributed by atoms with Gasteiger partial charge in [-0.1, -0.05) is 6.07 Å². The van der Waals surface area contributed by atoms with Crippen LogP contribution in [0.4, 0.5) is 0 Å². The number of aromatic nitrogens is 3. The standard InChI is InChI=1S/C10H11N3O/c1-8-7-9(11-12(8)2)13-6-4-3-5-10(13)14/h3-7H,1-2H3. The second-order valence-corrected chi connectivity index (χ2v) is 3.18. The Morgan fingerprint density at radius 3 is 2.71 bits per heavy atom. The van der Waals surface area contributed by atoms with E-state index in [1.165, 1.54) is 10.6 Å². The molecule has 0 aliphatic carbocycles. The van der Waals surface area contributed by atoms with Gasteiger partial charge in [-0.3, -0.25) is 14.0 Å². The lowest BCUT2D eigenvalue weighted by Crippen LogP contribution is -2.16. The fraction of sp³-hybridized carbons (Fsp3) is 0.200. The van der Waals surface area contributed by atoms with Crippen LogP contribution in [0, 0.1) is 6.92 Å². The van der Waals surface area contributed by atoms with Crippen LogP contribution in [0.2, 0.25) is 0 Å². The third-order valence-electron chi connectivity index (χ3n) is 2.17. The Bertz CT molecular complexity index is 491. The molecule has 4 heteroatoms. The first-order chi connectivity index (χ1) is 6.68. The maximum atomic E-state index is 11.5. The molecule has 2 rings (SSSR count). The lowest BCUT2D eigenvalue weighted by atomic mass is 10.4. The van der Waals surface area contributed by atoms with Crippen molar-refractivity contribution >= 4 is 0 Å². The molecular weight excluding hydrogens is 178 g/mol. The molecule has 0 saturated heterocycles. The van der Waals surface area contributed by atoms with Crippen LogP contribution in [0.3, 0.4) is 0 Å². The molecule has 14 heavy (non-hydrogen) atoms. The van der Waals surface area contributed by atoms with Gasteiger partial charge in [0.15, 0.2) is 5.82 Å². The quantitative estimate of drug-likeness (QED) is 0.668. The van der Waals surface area contributed by atoms with E-state index in [4.69, 9.17) is 0 Å². The van der Waals surface area contributed by atoms with E-state index < -0.39 is 0 Å². The molecule has 2 aromatic heterocycles. The molecule has 0 saturated carbocycles. The number of nitrogens with zero attached hydrogens (tertiary/aromatic N) is 3. The summed E-state index contributed by atoms with van der Waals surface area (Å²) in [5.41, 5.74) is 0.960. The van der Waals surface area contributed by atoms with E-state index in [0.29, 0.717) is 5.82 Å². The minimum Gasteiger partial charge on any atom is -0.271 e. The van der Waals surface area contributed by atoms with Gasteiger partial charge >= 0.3 is 0 Å². The maximum absolute atomic E-state index is 11.5. The van der Waals surface area contributed by atoms with Crippen LogP contribution < -0.4 is 5.56 Å². The number of hydrogen-bond donors (Lipinski definition) is 0. The average molecular weight is 189 g/mol. The zero-order valence-electron chi connectivity index (χ0n) is 8.14. The van der Waals surface area contributed by atoms with E-state index in [-0.39, 0.29) is 5.56 Å². The minimum atomic E-state index is -0.0643. The fourth-order valence-electron chi connectivity index (χ4n) is 1.28. The molecular formula is C10H11N3O. The van der Waals surface area contributed by atoms with E-state index >= 15 is 0 Å². The Kier molecular flexibility index (Phi) is 1.96. The first-order valence-electron chi connectivity index (χ1n) is 4.37. The van der Waals surface area contributed by atoms with Gasteiger partial charge in [0.05, 0.1) is 0 Å². The van der Waals surface area contributed by atoms with Crippen molar-refractivity contribution in [1.82, 2.24) is 14.3 Å². The van der Waals surface area contributed by atoms with E-state index in [9.17, 15) is 4.79 Å². The molecule has 0 spiro atoms. The normalized spacial score (nSPS) is 10.4. The van der Waals surface area contributed by atoms with Crippen molar-refractivity contribution in [3.63, 3.8) is 0 Å². The first-order valence-corrected chi connectivity index (χ1v) is 4.37. The lowest BCUT2D eigenvalue weighted by Gasteiger charge is -1.98. The summed E-state index contributed by atoms with van der Waals surface area (Å²) in [6.07, 6.45) is 1.71. The number of rotatable bonds is 1. The summed E-state index contributed by atoms with van der Waals surface area (Å²) in [6, 6.07) is 6.92. The van der Waals surface area contributed by atoms with E-state index in [0.717, 1.165) is 5.69 Å². The zero-order chi connectivity index (χ0) is 10.1. The van der Waals surface area contributed by atoms with Gasteiger partial charge in [0.1, 0.15) is 0 Å². The molecule has 0 fully saturated rings. The first kappa shape index (κ1) is 8.74. The van der Waals surface area contributed by atoms with Crippen molar-refractivity contribution in [2.75, 3.05) is 0 Å². The van der Waals surface area contributed by atoms with Crippen LogP contribution in [0.5, 0.6) is 0 Å². The van der Waals surface area contributed by atoms with Crippen molar-refractivity contribution in [3.8, 4) is 5.82 Å². The highest BCUT2D eigenvalue weighted by Crippen LogP contribution is 2.04. The third kappa shape index (κ3) is 1.35. The van der Waals surface area contributed by atoms with E-state index in [2.05, 4.69) is 5.10 Å². The van der Waals surface area contributed by atoms with Crippen LogP contribution in [0.1, 0.15) is 5.69 Å². The van der Waals surface area contributed by atoms with Crippen LogP contribution in [-0.4, -0.2) is 14.3 Å². The highest BCUT2D eigenvalue weighted by molar-refractivity contribution is 5.24. The summed E-state index contributed by atoms with van der Waals surface area (Å²) in [7, 11) is 1.85. The summed E-state index contributed by atoms with van der Waals surface area (Å²) in [5, 5.41) is 4.22. The van der Waals surface area contributed by atoms with E-state index in [1.54, 1.807) is 16.9 Å². The SMILES string of the molecule is Cc1cc(-n2ccccc2=O)nn1C. The average Bonchev–Trinajstić information content (AvgIpc) is 2.48. The maximum Gasteiger partial charge on any atom is 0.256 e. The predicted molar refractivity (Wildman–Crippen MR) is 53.5 cm³/mol. The van der Waals surface area contributed by atoms with Crippen molar-refractivity contribution in [3.05, 3.63) is 46.5 Å². The Morgan fingerprint density at radius 1 is 1.36 bits per heavy atom. The topological polar surface area (TPSA) is 39.8 Å². The summed E-state index contributed by atoms with van der Waals surface area (Å²) >= 11 is 0. The van der Waals surface area contributed by atoms with Gasteiger partial charge in [-0.2, -0.15) is 5.10 Å². The predicted octanol–water partition coefficient (Wildman–Crippen LogP) is 0.879. The largest absolute Gasteiger partial charge is 0.271 e. The van der Waals surface area contributed by atoms with Crippen LogP contribution in [0.15, 0.2) is 35.3 Å².